The maximum atomic E-state index is 15.4. The van der Waals surface area contributed by atoms with Crippen LogP contribution in [0.25, 0.3) is 0 Å². The Morgan fingerprint density at radius 1 is 0.507 bits per heavy atom. The molecule has 6 unspecified atom stereocenters. The molecule has 16 amide bonds. The summed E-state index contributed by atoms with van der Waals surface area (Å²) in [5.74, 6) is -19.1. The number of aliphatic carboxylic acids is 1. The van der Waals surface area contributed by atoms with Crippen LogP contribution in [0.5, 0.6) is 5.75 Å². The molecular weight excluding hydrogens is 1830 g/mol. The van der Waals surface area contributed by atoms with Crippen LogP contribution in [0.4, 0.5) is 0 Å². The maximum Gasteiger partial charge on any atom is 0.322 e. The van der Waals surface area contributed by atoms with E-state index < -0.39 is 228 Å². The fourth-order valence-electron chi connectivity index (χ4n) is 15.1. The molecule has 0 saturated carbocycles. The number of carbonyl (C=O) groups excluding carboxylic acids is 16. The Hall–Kier alpha value is -12.0. The first-order valence-electron chi connectivity index (χ1n) is 45.4. The molecule has 0 radical (unpaired) electrons. The lowest BCUT2D eigenvalue weighted by molar-refractivity contribution is -0.148. The summed E-state index contributed by atoms with van der Waals surface area (Å²) in [4.78, 5) is 257. The van der Waals surface area contributed by atoms with Crippen LogP contribution < -0.4 is 119 Å². The van der Waals surface area contributed by atoms with Gasteiger partial charge in [-0.25, -0.2) is 4.98 Å². The van der Waals surface area contributed by atoms with Crippen molar-refractivity contribution in [3.05, 3.63) is 48.0 Å². The average molecular weight is 1970 g/mol. The molecule has 0 spiro atoms. The molecule has 3 aliphatic heterocycles. The van der Waals surface area contributed by atoms with Gasteiger partial charge in [0, 0.05) is 70.2 Å². The van der Waals surface area contributed by atoms with Gasteiger partial charge in [-0.1, -0.05) is 61.4 Å². The van der Waals surface area contributed by atoms with Crippen molar-refractivity contribution in [3.8, 4) is 5.75 Å². The molecule has 1 aromatic carbocycles. The number of unbranched alkanes of at least 4 members (excludes halogenated alkanes) is 2. The number of carbonyl (C=O) groups is 17. The first kappa shape index (κ1) is 114. The number of imidazole rings is 1. The highest BCUT2D eigenvalue weighted by Gasteiger charge is 2.46. The molecule has 3 fully saturated rings. The number of H-pyrrole nitrogens is 1. The number of hydrogen-bond acceptors (Lipinski definition) is 28. The number of aliphatic hydroxyl groups excluding tert-OH is 1. The predicted molar refractivity (Wildman–Crippen MR) is 508 cm³/mol. The molecule has 52 heteroatoms. The number of rotatable bonds is 35. The van der Waals surface area contributed by atoms with E-state index >= 15 is 19.2 Å². The first-order valence-corrected chi connectivity index (χ1v) is 49.3. The van der Waals surface area contributed by atoms with Crippen molar-refractivity contribution in [2.75, 3.05) is 82.5 Å². The summed E-state index contributed by atoms with van der Waals surface area (Å²) in [6.45, 7) is 5.90. The van der Waals surface area contributed by atoms with Crippen LogP contribution in [-0.2, 0) is 94.3 Å². The lowest BCUT2D eigenvalue weighted by Gasteiger charge is -2.33. The van der Waals surface area contributed by atoms with E-state index in [-0.39, 0.29) is 190 Å². The van der Waals surface area contributed by atoms with Gasteiger partial charge in [0.15, 0.2) is 17.9 Å². The van der Waals surface area contributed by atoms with Crippen molar-refractivity contribution in [3.63, 3.8) is 0 Å². The van der Waals surface area contributed by atoms with Crippen molar-refractivity contribution >= 4 is 152 Å². The third kappa shape index (κ3) is 40.5. The number of nitrogens with zero attached hydrogens (tertiary/aromatic N) is 3. The number of benzene rings is 1. The third-order valence-corrected chi connectivity index (χ3v) is 25.3. The highest BCUT2D eigenvalue weighted by Crippen LogP contribution is 2.28. The van der Waals surface area contributed by atoms with Gasteiger partial charge < -0.3 is 149 Å². The monoisotopic (exact) mass is 1970 g/mol. The zero-order chi connectivity index (χ0) is 101. The fourth-order valence-corrected chi connectivity index (χ4v) is 17.9. The van der Waals surface area contributed by atoms with Gasteiger partial charge in [0.2, 0.25) is 94.5 Å². The number of amides is 16. The van der Waals surface area contributed by atoms with Crippen LogP contribution in [0.3, 0.4) is 0 Å². The number of nitrogens with one attached hydrogen (secondary N) is 21. The SMILES string of the molecule is CSCC[C@@H]1NC(=O)C(CCCCN)NC(=O)[C@@H]2CCCN2C(=O)[C@@H]2CCCN2C(=O)[C@H](Cc2c[nH]cn2)NC(=O)C(CCCNC(=N)N)NC(=O)[C@H](CCCNC(=N)N)NC(=O)C(CO)NC(=O)[C@H](CCCCN)NC(=O)C(CCCNC(=N)N)NC(=O)[C@H](Cc2ccc(O)cc2)NC(=O)[C@@H](NC(C)=O)CSSCC(C(=O)NCC(=O)O)NC(=O)[C@H](CC(C)C)NC(=O)C(C(C)C)NC1=O. The van der Waals surface area contributed by atoms with Crippen molar-refractivity contribution in [1.29, 1.82) is 16.2 Å². The highest BCUT2D eigenvalue weighted by atomic mass is 33.1. The van der Waals surface area contributed by atoms with Gasteiger partial charge in [-0.2, -0.15) is 11.8 Å². The Labute approximate surface area is 801 Å². The molecule has 1 aromatic heterocycles. The van der Waals surface area contributed by atoms with Crippen LogP contribution in [0.15, 0.2) is 36.8 Å². The minimum atomic E-state index is -1.92. The van der Waals surface area contributed by atoms with E-state index in [4.69, 9.17) is 44.9 Å². The molecule has 34 N–H and O–H groups in total. The number of hydrogen-bond donors (Lipinski definition) is 29. The van der Waals surface area contributed by atoms with Crippen LogP contribution in [0.1, 0.15) is 161 Å². The molecule has 4 heterocycles. The van der Waals surface area contributed by atoms with Crippen LogP contribution in [0, 0.1) is 28.1 Å². The lowest BCUT2D eigenvalue weighted by Crippen LogP contribution is -2.61. The number of nitrogens with two attached hydrogens (primary N) is 5. The van der Waals surface area contributed by atoms with Crippen LogP contribution >= 0.6 is 33.3 Å². The standard InChI is InChI=1S/C84H139N29O20S3/c1-45(2)36-57-74(126)110-61(67(119)97-40-65(117)118)42-135-136-43-62(99-47(5)115)77(129)106-58(37-48-23-25-50(116)26-24-48)75(127)102-53(18-11-30-94-82(87)88)69(121)100-51(16-7-9-28-85)72(124)109-60(41-114)76(128)103-54(19-12-31-95-83(89)90)70(122)101-55(20-13-32-96-84(91)92)71(123)108-59(38-49-39-93-44-98-49)80(132)113-34-15-22-64(113)81(133)112-33-14-21-63(112)78(130)105-52(17-8-10-29-86)68(120)104-56(27-35-134-6)73(125)111-66(46(3)4)79(131)107-57/h23-26,39,44-46,51-64,66,114,116H,7-22,27-38,40-43,85-86H2,1-6H3,(H,93,98)(H,97,119)(H,99,115)(H,100,121)(H,101,122)(H,102,127)(H,103,128)(H,104,120)(H,105,130)(H,106,129)(H,107,131)(H,108,123)(H,109,124)(H,110,126)(H,111,125)(H,117,118)(H4,87,88,94)(H4,89,90,95)(H4,91,92,96)/t51-,52?,53?,54-,55?,56-,57-,58-,59-,60?,61?,62-,63-,64-,66?/m0/s1. The largest absolute Gasteiger partial charge is 0.508 e. The van der Waals surface area contributed by atoms with Crippen molar-refractivity contribution < 1.29 is 96.8 Å². The van der Waals surface area contributed by atoms with Gasteiger partial charge in [0.1, 0.15) is 103 Å². The first-order chi connectivity index (χ1) is 64.7. The van der Waals surface area contributed by atoms with E-state index in [0.717, 1.165) is 28.5 Å². The zero-order valence-corrected chi connectivity index (χ0v) is 80.1. The number of aromatic amines is 1. The summed E-state index contributed by atoms with van der Waals surface area (Å²) in [6.07, 6.45) is 4.72. The molecule has 49 nitrogen and oxygen atoms in total. The van der Waals surface area contributed by atoms with Gasteiger partial charge in [-0.15, -0.1) is 0 Å². The number of guanidine groups is 3. The Kier molecular flexibility index (Phi) is 50.9. The fraction of sp³-hybridized carbons (Fsp3) is 0.655. The van der Waals surface area contributed by atoms with Crippen LogP contribution in [0.2, 0.25) is 0 Å². The molecule has 5 rings (SSSR count). The number of aromatic hydroxyl groups is 1. The molecule has 0 bridgehead atoms. The number of carboxylic acid groups (broad SMARTS) is 1. The number of carboxylic acids is 1. The second kappa shape index (κ2) is 60.4. The molecule has 15 atom stereocenters. The van der Waals surface area contributed by atoms with Crippen molar-refractivity contribution in [2.45, 2.75) is 254 Å². The van der Waals surface area contributed by atoms with Crippen molar-refractivity contribution in [1.82, 2.24) is 110 Å². The van der Waals surface area contributed by atoms with Crippen molar-refractivity contribution in [2.24, 2.45) is 40.5 Å². The molecule has 2 aromatic rings. The average Bonchev–Trinajstić information content (AvgIpc) is 1.64. The number of aliphatic hydroxyl groups is 1. The Bertz CT molecular complexity index is 4350. The van der Waals surface area contributed by atoms with Gasteiger partial charge in [0.25, 0.3) is 0 Å². The summed E-state index contributed by atoms with van der Waals surface area (Å²) >= 11 is 1.33. The van der Waals surface area contributed by atoms with Gasteiger partial charge in [-0.3, -0.25) is 97.7 Å². The molecule has 0 aliphatic carbocycles. The molecular formula is C84H139N29O20S3. The lowest BCUT2D eigenvalue weighted by atomic mass is 9.99. The van der Waals surface area contributed by atoms with E-state index in [1.165, 1.54) is 58.4 Å². The summed E-state index contributed by atoms with van der Waals surface area (Å²) < 4.78 is 0. The summed E-state index contributed by atoms with van der Waals surface area (Å²) in [6, 6.07) is -17.2. The zero-order valence-electron chi connectivity index (χ0n) is 77.6. The van der Waals surface area contributed by atoms with E-state index in [1.807, 2.05) is 0 Å². The second-order valence-electron chi connectivity index (χ2n) is 34.0. The summed E-state index contributed by atoms with van der Waals surface area (Å²) in [5.41, 5.74) is 29.2. The summed E-state index contributed by atoms with van der Waals surface area (Å²) in [5, 5.41) is 98.7. The van der Waals surface area contributed by atoms with E-state index in [0.29, 0.717) is 24.8 Å². The molecule has 758 valence electrons. The highest BCUT2D eigenvalue weighted by molar-refractivity contribution is 8.76. The van der Waals surface area contributed by atoms with Gasteiger partial charge in [-0.05, 0) is 170 Å². The number of thioether (sulfide) groups is 1. The minimum Gasteiger partial charge on any atom is -0.508 e. The molecule has 3 saturated heterocycles. The smallest absolute Gasteiger partial charge is 0.322 e. The maximum absolute atomic E-state index is 15.4. The Morgan fingerprint density at radius 2 is 0.934 bits per heavy atom. The van der Waals surface area contributed by atoms with Crippen LogP contribution in [-0.4, -0.2) is 327 Å². The number of phenols is 1. The minimum absolute atomic E-state index is 0.00237. The number of fused-ring (bicyclic) bond motifs is 2. The Balaban J connectivity index is 1.67. The predicted octanol–water partition coefficient (Wildman–Crippen LogP) is -6.70. The summed E-state index contributed by atoms with van der Waals surface area (Å²) in [7, 11) is 1.75. The number of aromatic nitrogens is 2. The van der Waals surface area contributed by atoms with E-state index in [1.54, 1.807) is 34.0 Å². The number of phenolic OH excluding ortho intramolecular Hbond substituents is 1. The topological polar surface area (TPSA) is 792 Å². The quantitative estimate of drug-likeness (QED) is 0.0132. The second-order valence-corrected chi connectivity index (χ2v) is 37.5. The van der Waals surface area contributed by atoms with E-state index in [2.05, 4.69) is 100 Å². The third-order valence-electron chi connectivity index (χ3n) is 22.2. The normalized spacial score (nSPS) is 24.4. The molecule has 136 heavy (non-hydrogen) atoms. The van der Waals surface area contributed by atoms with E-state index in [9.17, 15) is 77.6 Å². The van der Waals surface area contributed by atoms with Gasteiger partial charge >= 0.3 is 5.97 Å². The Morgan fingerprint density at radius 3 is 1.39 bits per heavy atom. The molecule has 3 aliphatic rings. The van der Waals surface area contributed by atoms with Gasteiger partial charge in [0.05, 0.1) is 18.6 Å².